The molecule has 1 aromatic rings. The summed E-state index contributed by atoms with van der Waals surface area (Å²) in [5, 5.41) is 8.65. The third-order valence-corrected chi connectivity index (χ3v) is 1.93. The number of halogens is 3. The molecule has 0 radical (unpaired) electrons. The molecule has 1 aromatic carbocycles. The third kappa shape index (κ3) is 2.93. The third-order valence-electron chi connectivity index (χ3n) is 1.93. The zero-order chi connectivity index (χ0) is 13.2. The molecule has 0 aliphatic rings. The monoisotopic (exact) mass is 244 g/mol. The molecule has 1 rings (SSSR count). The maximum atomic E-state index is 12.8. The SMILES string of the molecule is CC(=O)C(=Cc1cc(F)c(F)c(F)c1)C(=O)O. The number of carbonyl (C=O) groups excluding carboxylic acids is 1. The molecular formula is C11H7F3O3. The molecule has 0 unspecified atom stereocenters. The summed E-state index contributed by atoms with van der Waals surface area (Å²) >= 11 is 0. The highest BCUT2D eigenvalue weighted by atomic mass is 19.2. The number of hydrogen-bond donors (Lipinski definition) is 1. The van der Waals surface area contributed by atoms with Gasteiger partial charge in [0.1, 0.15) is 5.57 Å². The van der Waals surface area contributed by atoms with Crippen LogP contribution in [0.15, 0.2) is 17.7 Å². The second-order valence-corrected chi connectivity index (χ2v) is 3.22. The van der Waals surface area contributed by atoms with Crippen molar-refractivity contribution in [1.82, 2.24) is 0 Å². The summed E-state index contributed by atoms with van der Waals surface area (Å²) in [4.78, 5) is 21.5. The minimum atomic E-state index is -1.65. The van der Waals surface area contributed by atoms with Gasteiger partial charge in [-0.15, -0.1) is 0 Å². The van der Waals surface area contributed by atoms with Gasteiger partial charge in [0.15, 0.2) is 23.2 Å². The summed E-state index contributed by atoms with van der Waals surface area (Å²) < 4.78 is 38.2. The first-order valence-electron chi connectivity index (χ1n) is 4.43. The Balaban J connectivity index is 3.30. The fourth-order valence-corrected chi connectivity index (χ4v) is 1.14. The Labute approximate surface area is 94.2 Å². The average molecular weight is 244 g/mol. The Hall–Kier alpha value is -2.11. The van der Waals surface area contributed by atoms with Crippen LogP contribution in [0.4, 0.5) is 13.2 Å². The molecule has 90 valence electrons. The summed E-state index contributed by atoms with van der Waals surface area (Å²) in [6.07, 6.45) is 0.774. The fourth-order valence-electron chi connectivity index (χ4n) is 1.14. The van der Waals surface area contributed by atoms with E-state index in [-0.39, 0.29) is 5.56 Å². The first-order chi connectivity index (χ1) is 7.82. The van der Waals surface area contributed by atoms with Gasteiger partial charge in [-0.2, -0.15) is 0 Å². The molecular weight excluding hydrogens is 237 g/mol. The van der Waals surface area contributed by atoms with Crippen LogP contribution in [0.25, 0.3) is 6.08 Å². The van der Waals surface area contributed by atoms with Crippen molar-refractivity contribution < 1.29 is 27.9 Å². The number of aliphatic carboxylic acids is 1. The van der Waals surface area contributed by atoms with E-state index in [0.717, 1.165) is 13.0 Å². The first kappa shape index (κ1) is 13.0. The number of benzene rings is 1. The summed E-state index contributed by atoms with van der Waals surface area (Å²) in [5.74, 6) is -6.86. The van der Waals surface area contributed by atoms with Gasteiger partial charge in [-0.25, -0.2) is 18.0 Å². The lowest BCUT2D eigenvalue weighted by molar-refractivity contribution is -0.134. The van der Waals surface area contributed by atoms with Crippen molar-refractivity contribution in [3.05, 3.63) is 40.7 Å². The lowest BCUT2D eigenvalue weighted by Gasteiger charge is -2.00. The number of hydrogen-bond acceptors (Lipinski definition) is 2. The molecule has 0 aliphatic heterocycles. The van der Waals surface area contributed by atoms with Gasteiger partial charge in [0.05, 0.1) is 0 Å². The van der Waals surface area contributed by atoms with E-state index >= 15 is 0 Å². The van der Waals surface area contributed by atoms with Crippen LogP contribution in [0, 0.1) is 17.5 Å². The molecule has 0 spiro atoms. The Bertz CT molecular complexity index is 482. The molecule has 0 aromatic heterocycles. The Morgan fingerprint density at radius 2 is 1.65 bits per heavy atom. The zero-order valence-electron chi connectivity index (χ0n) is 8.63. The number of carbonyl (C=O) groups is 2. The highest BCUT2D eigenvalue weighted by Crippen LogP contribution is 2.16. The largest absolute Gasteiger partial charge is 0.478 e. The molecule has 17 heavy (non-hydrogen) atoms. The Morgan fingerprint density at radius 3 is 2.00 bits per heavy atom. The van der Waals surface area contributed by atoms with Gasteiger partial charge >= 0.3 is 5.97 Å². The summed E-state index contributed by atoms with van der Waals surface area (Å²) in [6, 6.07) is 1.20. The lowest BCUT2D eigenvalue weighted by atomic mass is 10.1. The van der Waals surface area contributed by atoms with E-state index in [9.17, 15) is 22.8 Å². The number of carboxylic acid groups (broad SMARTS) is 1. The molecule has 0 bridgehead atoms. The highest BCUT2D eigenvalue weighted by Gasteiger charge is 2.15. The molecule has 1 N–H and O–H groups in total. The average Bonchev–Trinajstić information content (AvgIpc) is 2.21. The van der Waals surface area contributed by atoms with Crippen LogP contribution in [-0.2, 0) is 9.59 Å². The van der Waals surface area contributed by atoms with Crippen LogP contribution in [0.1, 0.15) is 12.5 Å². The second kappa shape index (κ2) is 4.82. The van der Waals surface area contributed by atoms with Crippen molar-refractivity contribution in [3.63, 3.8) is 0 Å². The Morgan fingerprint density at radius 1 is 1.18 bits per heavy atom. The van der Waals surface area contributed by atoms with Crippen LogP contribution in [0.5, 0.6) is 0 Å². The van der Waals surface area contributed by atoms with Crippen LogP contribution in [0.2, 0.25) is 0 Å². The highest BCUT2D eigenvalue weighted by molar-refractivity contribution is 6.19. The Kier molecular flexibility index (Phi) is 3.67. The minimum Gasteiger partial charge on any atom is -0.478 e. The van der Waals surface area contributed by atoms with Gasteiger partial charge in [-0.3, -0.25) is 4.79 Å². The molecule has 0 aliphatic carbocycles. The number of Topliss-reactive ketones (excluding diaryl/α,β-unsaturated/α-hetero) is 1. The molecule has 0 heterocycles. The van der Waals surface area contributed by atoms with Crippen molar-refractivity contribution in [2.24, 2.45) is 0 Å². The van der Waals surface area contributed by atoms with E-state index in [1.165, 1.54) is 0 Å². The van der Waals surface area contributed by atoms with E-state index in [4.69, 9.17) is 5.11 Å². The molecule has 0 saturated heterocycles. The van der Waals surface area contributed by atoms with Crippen LogP contribution >= 0.6 is 0 Å². The van der Waals surface area contributed by atoms with E-state index in [1.54, 1.807) is 0 Å². The van der Waals surface area contributed by atoms with Gasteiger partial charge < -0.3 is 5.11 Å². The van der Waals surface area contributed by atoms with E-state index in [2.05, 4.69) is 0 Å². The van der Waals surface area contributed by atoms with Gasteiger partial charge in [0.25, 0.3) is 0 Å². The number of carboxylic acids is 1. The van der Waals surface area contributed by atoms with Crippen molar-refractivity contribution in [3.8, 4) is 0 Å². The minimum absolute atomic E-state index is 0.242. The quantitative estimate of drug-likeness (QED) is 0.383. The van der Waals surface area contributed by atoms with E-state index in [1.807, 2.05) is 0 Å². The fraction of sp³-hybridized carbons (Fsp3) is 0.0909. The molecule has 0 amide bonds. The van der Waals surface area contributed by atoms with E-state index in [0.29, 0.717) is 12.1 Å². The normalized spacial score (nSPS) is 11.4. The first-order valence-corrected chi connectivity index (χ1v) is 4.43. The number of rotatable bonds is 3. The number of ketones is 1. The standard InChI is InChI=1S/C11H7F3O3/c1-5(15)7(11(16)17)2-6-3-8(12)10(14)9(13)4-6/h2-4H,1H3,(H,16,17). The second-order valence-electron chi connectivity index (χ2n) is 3.22. The lowest BCUT2D eigenvalue weighted by Crippen LogP contribution is -2.08. The molecule has 0 saturated carbocycles. The zero-order valence-corrected chi connectivity index (χ0v) is 8.63. The maximum absolute atomic E-state index is 12.8. The predicted octanol–water partition coefficient (Wildman–Crippen LogP) is 2.16. The van der Waals surface area contributed by atoms with Crippen molar-refractivity contribution >= 4 is 17.8 Å². The molecule has 0 fully saturated rings. The maximum Gasteiger partial charge on any atom is 0.339 e. The van der Waals surface area contributed by atoms with Crippen LogP contribution in [-0.4, -0.2) is 16.9 Å². The van der Waals surface area contributed by atoms with Crippen molar-refractivity contribution in [2.75, 3.05) is 0 Å². The van der Waals surface area contributed by atoms with Gasteiger partial charge in [0.2, 0.25) is 0 Å². The molecule has 0 atom stereocenters. The predicted molar refractivity (Wildman–Crippen MR) is 52.6 cm³/mol. The summed E-state index contributed by atoms with van der Waals surface area (Å²) in [6.45, 7) is 0.996. The van der Waals surface area contributed by atoms with Crippen LogP contribution < -0.4 is 0 Å². The molecule has 3 nitrogen and oxygen atoms in total. The summed E-state index contributed by atoms with van der Waals surface area (Å²) in [7, 11) is 0. The van der Waals surface area contributed by atoms with E-state index < -0.39 is 34.8 Å². The van der Waals surface area contributed by atoms with Gasteiger partial charge in [0, 0.05) is 0 Å². The molecule has 6 heteroatoms. The van der Waals surface area contributed by atoms with Gasteiger partial charge in [-0.1, -0.05) is 0 Å². The van der Waals surface area contributed by atoms with Crippen molar-refractivity contribution in [1.29, 1.82) is 0 Å². The summed E-state index contributed by atoms with van der Waals surface area (Å²) in [5.41, 5.74) is -0.885. The smallest absolute Gasteiger partial charge is 0.339 e. The van der Waals surface area contributed by atoms with Crippen molar-refractivity contribution in [2.45, 2.75) is 6.92 Å². The van der Waals surface area contributed by atoms with Crippen LogP contribution in [0.3, 0.4) is 0 Å². The topological polar surface area (TPSA) is 54.4 Å². The van der Waals surface area contributed by atoms with Gasteiger partial charge in [-0.05, 0) is 30.7 Å².